The number of aryl methyl sites for hydroxylation is 2. The fraction of sp³-hybridized carbons (Fsp3) is 0.222. The van der Waals surface area contributed by atoms with Crippen LogP contribution in [0.15, 0.2) is 6.08 Å². The number of nitrogens with two attached hydrogens (primary N) is 1. The van der Waals surface area contributed by atoms with E-state index in [4.69, 9.17) is 10.8 Å². The lowest BCUT2D eigenvalue weighted by Gasteiger charge is -1.95. The molecule has 1 heterocycles. The molecule has 0 saturated carbocycles. The van der Waals surface area contributed by atoms with Crippen molar-refractivity contribution in [2.24, 2.45) is 12.8 Å². The summed E-state index contributed by atoms with van der Waals surface area (Å²) in [5.41, 5.74) is 5.88. The SMILES string of the molecule is Cc1nn(C)c(C(=O)O)c1C=CC(N)=O. The Balaban J connectivity index is 3.27. The van der Waals surface area contributed by atoms with Crippen LogP contribution >= 0.6 is 0 Å². The standard InChI is InChI=1S/C9H11N3O3/c1-5-6(3-4-7(10)13)8(9(14)15)12(2)11-5/h3-4H,1-2H3,(H2,10,13)(H,14,15). The van der Waals surface area contributed by atoms with E-state index in [1.165, 1.54) is 17.8 Å². The van der Waals surface area contributed by atoms with Crippen molar-refractivity contribution in [1.29, 1.82) is 0 Å². The summed E-state index contributed by atoms with van der Waals surface area (Å²) in [6.45, 7) is 1.66. The molecule has 0 fully saturated rings. The van der Waals surface area contributed by atoms with Crippen LogP contribution in [0.25, 0.3) is 6.08 Å². The minimum absolute atomic E-state index is 0.0324. The zero-order valence-corrected chi connectivity index (χ0v) is 8.39. The summed E-state index contributed by atoms with van der Waals surface area (Å²) in [7, 11) is 1.53. The normalized spacial score (nSPS) is 10.8. The molecular formula is C9H11N3O3. The third-order valence-electron chi connectivity index (χ3n) is 1.89. The van der Waals surface area contributed by atoms with E-state index in [-0.39, 0.29) is 5.69 Å². The molecule has 1 aromatic rings. The quantitative estimate of drug-likeness (QED) is 0.680. The van der Waals surface area contributed by atoms with Gasteiger partial charge in [0.2, 0.25) is 5.91 Å². The first-order valence-corrected chi connectivity index (χ1v) is 4.18. The molecule has 6 nitrogen and oxygen atoms in total. The molecule has 15 heavy (non-hydrogen) atoms. The van der Waals surface area contributed by atoms with Crippen molar-refractivity contribution in [3.05, 3.63) is 23.0 Å². The Labute approximate surface area is 86.0 Å². The molecule has 0 radical (unpaired) electrons. The molecule has 6 heteroatoms. The van der Waals surface area contributed by atoms with Crippen molar-refractivity contribution in [3.63, 3.8) is 0 Å². The Morgan fingerprint density at radius 2 is 2.13 bits per heavy atom. The molecule has 3 N–H and O–H groups in total. The van der Waals surface area contributed by atoms with Crippen LogP contribution in [-0.4, -0.2) is 26.8 Å². The molecule has 0 aromatic carbocycles. The first-order valence-electron chi connectivity index (χ1n) is 4.18. The fourth-order valence-corrected chi connectivity index (χ4v) is 1.29. The van der Waals surface area contributed by atoms with Gasteiger partial charge in [-0.05, 0) is 13.0 Å². The molecule has 0 atom stereocenters. The van der Waals surface area contributed by atoms with E-state index < -0.39 is 11.9 Å². The number of carboxylic acids is 1. The fourth-order valence-electron chi connectivity index (χ4n) is 1.29. The average Bonchev–Trinajstić information content (AvgIpc) is 2.37. The van der Waals surface area contributed by atoms with E-state index in [0.29, 0.717) is 11.3 Å². The number of carbonyl (C=O) groups is 2. The Morgan fingerprint density at radius 1 is 1.53 bits per heavy atom. The van der Waals surface area contributed by atoms with Crippen LogP contribution in [0.2, 0.25) is 0 Å². The van der Waals surface area contributed by atoms with Crippen molar-refractivity contribution in [1.82, 2.24) is 9.78 Å². The molecule has 0 spiro atoms. The van der Waals surface area contributed by atoms with Crippen LogP contribution in [0, 0.1) is 6.92 Å². The van der Waals surface area contributed by atoms with Crippen molar-refractivity contribution >= 4 is 18.0 Å². The highest BCUT2D eigenvalue weighted by Gasteiger charge is 2.16. The number of aromatic nitrogens is 2. The number of amides is 1. The predicted octanol–water partition coefficient (Wildman–Crippen LogP) is -0.0748. The minimum Gasteiger partial charge on any atom is -0.477 e. The molecule has 1 rings (SSSR count). The van der Waals surface area contributed by atoms with Crippen LogP contribution in [0.1, 0.15) is 21.7 Å². The molecular weight excluding hydrogens is 198 g/mol. The number of carbonyl (C=O) groups excluding carboxylic acids is 1. The molecule has 0 aliphatic carbocycles. The number of carboxylic acid groups (broad SMARTS) is 1. The molecule has 0 bridgehead atoms. The zero-order chi connectivity index (χ0) is 11.6. The van der Waals surface area contributed by atoms with Crippen LogP contribution in [-0.2, 0) is 11.8 Å². The second-order valence-corrected chi connectivity index (χ2v) is 3.01. The topological polar surface area (TPSA) is 98.2 Å². The van der Waals surface area contributed by atoms with E-state index in [1.54, 1.807) is 6.92 Å². The number of primary amides is 1. The van der Waals surface area contributed by atoms with E-state index in [1.807, 2.05) is 0 Å². The highest BCUT2D eigenvalue weighted by atomic mass is 16.4. The van der Waals surface area contributed by atoms with E-state index in [9.17, 15) is 9.59 Å². The zero-order valence-electron chi connectivity index (χ0n) is 8.39. The summed E-state index contributed by atoms with van der Waals surface area (Å²) in [5.74, 6) is -1.73. The van der Waals surface area contributed by atoms with Crippen LogP contribution < -0.4 is 5.73 Å². The van der Waals surface area contributed by atoms with Gasteiger partial charge < -0.3 is 10.8 Å². The van der Waals surface area contributed by atoms with Gasteiger partial charge in [-0.2, -0.15) is 5.10 Å². The van der Waals surface area contributed by atoms with Gasteiger partial charge >= 0.3 is 5.97 Å². The van der Waals surface area contributed by atoms with Gasteiger partial charge in [0, 0.05) is 18.7 Å². The molecule has 0 aliphatic rings. The van der Waals surface area contributed by atoms with E-state index in [0.717, 1.165) is 6.08 Å². The maximum Gasteiger partial charge on any atom is 0.354 e. The number of hydrogen-bond donors (Lipinski definition) is 2. The lowest BCUT2D eigenvalue weighted by molar-refractivity contribution is -0.113. The van der Waals surface area contributed by atoms with Gasteiger partial charge in [0.1, 0.15) is 0 Å². The maximum atomic E-state index is 10.9. The Bertz CT molecular complexity index is 446. The van der Waals surface area contributed by atoms with Gasteiger partial charge in [-0.3, -0.25) is 9.48 Å². The first-order chi connectivity index (χ1) is 6.93. The summed E-state index contributed by atoms with van der Waals surface area (Å²) in [6.07, 6.45) is 2.46. The van der Waals surface area contributed by atoms with Gasteiger partial charge in [0.05, 0.1) is 5.69 Å². The van der Waals surface area contributed by atoms with Gasteiger partial charge in [0.15, 0.2) is 5.69 Å². The summed E-state index contributed by atoms with van der Waals surface area (Å²) >= 11 is 0. The second-order valence-electron chi connectivity index (χ2n) is 3.01. The first kappa shape index (κ1) is 11.0. The summed E-state index contributed by atoms with van der Waals surface area (Å²) in [4.78, 5) is 21.4. The van der Waals surface area contributed by atoms with Crippen molar-refractivity contribution < 1.29 is 14.7 Å². The number of nitrogens with zero attached hydrogens (tertiary/aromatic N) is 2. The smallest absolute Gasteiger partial charge is 0.354 e. The highest BCUT2D eigenvalue weighted by Crippen LogP contribution is 2.14. The van der Waals surface area contributed by atoms with Gasteiger partial charge in [-0.1, -0.05) is 0 Å². The Hall–Kier alpha value is -2.11. The van der Waals surface area contributed by atoms with Crippen molar-refractivity contribution in [2.45, 2.75) is 6.92 Å². The lowest BCUT2D eigenvalue weighted by Crippen LogP contribution is -2.08. The number of rotatable bonds is 3. The summed E-state index contributed by atoms with van der Waals surface area (Å²) < 4.78 is 1.25. The van der Waals surface area contributed by atoms with Crippen LogP contribution in [0.4, 0.5) is 0 Å². The Morgan fingerprint density at radius 3 is 2.60 bits per heavy atom. The predicted molar refractivity (Wildman–Crippen MR) is 53.1 cm³/mol. The summed E-state index contributed by atoms with van der Waals surface area (Å²) in [5, 5.41) is 12.9. The molecule has 0 unspecified atom stereocenters. The van der Waals surface area contributed by atoms with E-state index >= 15 is 0 Å². The van der Waals surface area contributed by atoms with Crippen LogP contribution in [0.3, 0.4) is 0 Å². The average molecular weight is 209 g/mol. The van der Waals surface area contributed by atoms with E-state index in [2.05, 4.69) is 5.10 Å². The third-order valence-corrected chi connectivity index (χ3v) is 1.89. The monoisotopic (exact) mass is 209 g/mol. The van der Waals surface area contributed by atoms with Gasteiger partial charge in [0.25, 0.3) is 0 Å². The molecule has 0 saturated heterocycles. The molecule has 0 aliphatic heterocycles. The third kappa shape index (κ3) is 2.22. The molecule has 1 amide bonds. The largest absolute Gasteiger partial charge is 0.477 e. The van der Waals surface area contributed by atoms with Crippen molar-refractivity contribution in [2.75, 3.05) is 0 Å². The van der Waals surface area contributed by atoms with Gasteiger partial charge in [-0.15, -0.1) is 0 Å². The van der Waals surface area contributed by atoms with Gasteiger partial charge in [-0.25, -0.2) is 4.79 Å². The Kier molecular flexibility index (Phi) is 2.89. The minimum atomic E-state index is -1.10. The maximum absolute atomic E-state index is 10.9. The van der Waals surface area contributed by atoms with Crippen LogP contribution in [0.5, 0.6) is 0 Å². The molecule has 80 valence electrons. The van der Waals surface area contributed by atoms with Crippen molar-refractivity contribution in [3.8, 4) is 0 Å². The second kappa shape index (κ2) is 3.95. The summed E-state index contributed by atoms with van der Waals surface area (Å²) in [6, 6.07) is 0. The number of aromatic carboxylic acids is 1. The lowest BCUT2D eigenvalue weighted by atomic mass is 10.1. The highest BCUT2D eigenvalue weighted by molar-refractivity contribution is 5.95. The molecule has 1 aromatic heterocycles. The number of hydrogen-bond acceptors (Lipinski definition) is 3.